The molecule has 4 rings (SSSR count). The van der Waals surface area contributed by atoms with Gasteiger partial charge in [0.05, 0.1) is 11.7 Å². The molecule has 32 heavy (non-hydrogen) atoms. The van der Waals surface area contributed by atoms with E-state index in [2.05, 4.69) is 6.58 Å². The molecular formula is C26H28O6. The molecule has 0 N–H and O–H groups in total. The Morgan fingerprint density at radius 2 is 1.81 bits per heavy atom. The van der Waals surface area contributed by atoms with E-state index in [9.17, 15) is 9.59 Å². The first-order chi connectivity index (χ1) is 15.7. The van der Waals surface area contributed by atoms with Crippen molar-refractivity contribution < 1.29 is 28.5 Å². The second-order valence-corrected chi connectivity index (χ2v) is 8.15. The van der Waals surface area contributed by atoms with Gasteiger partial charge in [0.15, 0.2) is 6.29 Å². The van der Waals surface area contributed by atoms with E-state index in [-0.39, 0.29) is 24.9 Å². The van der Waals surface area contributed by atoms with E-state index in [1.54, 1.807) is 12.1 Å². The van der Waals surface area contributed by atoms with Crippen LogP contribution in [0, 0.1) is 5.92 Å². The highest BCUT2D eigenvalue weighted by Gasteiger charge is 2.42. The Morgan fingerprint density at radius 3 is 2.50 bits per heavy atom. The van der Waals surface area contributed by atoms with Gasteiger partial charge in [-0.1, -0.05) is 49.0 Å². The van der Waals surface area contributed by atoms with Crippen molar-refractivity contribution in [2.75, 3.05) is 13.2 Å². The summed E-state index contributed by atoms with van der Waals surface area (Å²) in [4.78, 5) is 23.5. The Bertz CT molecular complexity index is 917. The summed E-state index contributed by atoms with van der Waals surface area (Å²) < 4.78 is 22.6. The van der Waals surface area contributed by atoms with Crippen LogP contribution in [0.1, 0.15) is 36.0 Å². The lowest BCUT2D eigenvalue weighted by molar-refractivity contribution is -0.196. The minimum atomic E-state index is -0.449. The zero-order chi connectivity index (χ0) is 22.3. The second-order valence-electron chi connectivity index (χ2n) is 8.15. The molecule has 168 valence electrons. The summed E-state index contributed by atoms with van der Waals surface area (Å²) in [5.74, 6) is -0.678. The molecule has 6 heteroatoms. The van der Waals surface area contributed by atoms with Gasteiger partial charge in [0.2, 0.25) is 0 Å². The quantitative estimate of drug-likeness (QED) is 0.344. The van der Waals surface area contributed by atoms with Crippen LogP contribution in [0.15, 0.2) is 66.7 Å². The van der Waals surface area contributed by atoms with Crippen LogP contribution in [0.5, 0.6) is 0 Å². The van der Waals surface area contributed by atoms with Crippen LogP contribution in [0.25, 0.3) is 11.1 Å². The molecule has 1 heterocycles. The van der Waals surface area contributed by atoms with Gasteiger partial charge in [-0.05, 0) is 48.1 Å². The smallest absolute Gasteiger partial charge is 0.338 e. The highest BCUT2D eigenvalue weighted by Crippen LogP contribution is 2.36. The lowest BCUT2D eigenvalue weighted by Crippen LogP contribution is -2.32. The Balaban J connectivity index is 1.38. The fourth-order valence-corrected chi connectivity index (χ4v) is 4.27. The first kappa shape index (κ1) is 22.2. The van der Waals surface area contributed by atoms with E-state index in [4.69, 9.17) is 18.9 Å². The Hall–Kier alpha value is -2.96. The van der Waals surface area contributed by atoms with E-state index in [1.807, 2.05) is 42.5 Å². The van der Waals surface area contributed by atoms with Gasteiger partial charge >= 0.3 is 5.97 Å². The number of ether oxygens (including phenoxy) is 4. The van der Waals surface area contributed by atoms with Gasteiger partial charge in [-0.3, -0.25) is 4.79 Å². The molecule has 1 saturated heterocycles. The molecule has 2 aromatic rings. The lowest BCUT2D eigenvalue weighted by Gasteiger charge is -2.28. The molecule has 1 aliphatic heterocycles. The predicted octanol–water partition coefficient (Wildman–Crippen LogP) is 4.54. The van der Waals surface area contributed by atoms with Crippen molar-refractivity contribution >= 4 is 12.4 Å². The third-order valence-electron chi connectivity index (χ3n) is 6.09. The molecule has 4 atom stereocenters. The van der Waals surface area contributed by atoms with Crippen molar-refractivity contribution in [3.8, 4) is 11.1 Å². The van der Waals surface area contributed by atoms with Crippen molar-refractivity contribution in [2.45, 2.75) is 44.2 Å². The van der Waals surface area contributed by atoms with Crippen LogP contribution in [-0.2, 0) is 23.7 Å². The number of hydrogen-bond donors (Lipinski definition) is 0. The van der Waals surface area contributed by atoms with Crippen LogP contribution in [-0.4, -0.2) is 44.2 Å². The third kappa shape index (κ3) is 5.26. The molecule has 0 radical (unpaired) electrons. The first-order valence-corrected chi connectivity index (χ1v) is 11.0. The van der Waals surface area contributed by atoms with E-state index in [0.717, 1.165) is 30.4 Å². The van der Waals surface area contributed by atoms with E-state index >= 15 is 0 Å². The van der Waals surface area contributed by atoms with Gasteiger partial charge in [0.1, 0.15) is 12.7 Å². The number of carbonyl (C=O) groups is 2. The molecule has 1 aliphatic carbocycles. The van der Waals surface area contributed by atoms with Crippen LogP contribution < -0.4 is 0 Å². The van der Waals surface area contributed by atoms with Gasteiger partial charge in [0.25, 0.3) is 6.47 Å². The van der Waals surface area contributed by atoms with Gasteiger partial charge in [0, 0.05) is 18.9 Å². The lowest BCUT2D eigenvalue weighted by atomic mass is 10.0. The minimum Gasteiger partial charge on any atom is -0.461 e. The summed E-state index contributed by atoms with van der Waals surface area (Å²) in [6.45, 7) is 5.28. The van der Waals surface area contributed by atoms with Crippen molar-refractivity contribution in [3.63, 3.8) is 0 Å². The molecule has 2 fully saturated rings. The van der Waals surface area contributed by atoms with E-state index in [1.165, 1.54) is 0 Å². The van der Waals surface area contributed by atoms with Crippen LogP contribution in [0.2, 0.25) is 0 Å². The number of benzene rings is 2. The third-order valence-corrected chi connectivity index (χ3v) is 6.09. The zero-order valence-corrected chi connectivity index (χ0v) is 18.0. The number of hydrogen-bond acceptors (Lipinski definition) is 6. The van der Waals surface area contributed by atoms with Gasteiger partial charge in [-0.25, -0.2) is 4.79 Å². The largest absolute Gasteiger partial charge is 0.461 e. The summed E-state index contributed by atoms with van der Waals surface area (Å²) in [6.07, 6.45) is 2.34. The van der Waals surface area contributed by atoms with Gasteiger partial charge in [-0.15, -0.1) is 0 Å². The molecule has 2 aliphatic rings. The predicted molar refractivity (Wildman–Crippen MR) is 119 cm³/mol. The van der Waals surface area contributed by atoms with Crippen LogP contribution >= 0.6 is 0 Å². The fourth-order valence-electron chi connectivity index (χ4n) is 4.27. The average molecular weight is 437 g/mol. The standard InChI is InChI=1S/C26H28O6/c1-18-22(24(15-23(18)31-17-27)32-25-9-5-6-14-29-25)16-30-26(28)21-12-10-20(11-13-21)19-7-3-2-4-8-19/h2-4,7-8,10-13,17,22-25H,1,5-6,9,14-16H2/t22-,23+,24-,25?/m0/s1. The van der Waals surface area contributed by atoms with Gasteiger partial charge < -0.3 is 18.9 Å². The molecule has 0 spiro atoms. The van der Waals surface area contributed by atoms with Crippen molar-refractivity contribution in [1.82, 2.24) is 0 Å². The van der Waals surface area contributed by atoms with Crippen LogP contribution in [0.3, 0.4) is 0 Å². The maximum atomic E-state index is 12.7. The van der Waals surface area contributed by atoms with Gasteiger partial charge in [-0.2, -0.15) is 0 Å². The highest BCUT2D eigenvalue weighted by atomic mass is 16.7. The van der Waals surface area contributed by atoms with Crippen LogP contribution in [0.4, 0.5) is 0 Å². The summed E-state index contributed by atoms with van der Waals surface area (Å²) >= 11 is 0. The topological polar surface area (TPSA) is 71.1 Å². The maximum absolute atomic E-state index is 12.7. The fraction of sp³-hybridized carbons (Fsp3) is 0.385. The molecule has 1 saturated carbocycles. The van der Waals surface area contributed by atoms with Crippen molar-refractivity contribution in [2.24, 2.45) is 5.92 Å². The summed E-state index contributed by atoms with van der Waals surface area (Å²) in [7, 11) is 0. The highest BCUT2D eigenvalue weighted by molar-refractivity contribution is 5.90. The summed E-state index contributed by atoms with van der Waals surface area (Å²) in [5, 5.41) is 0. The molecule has 0 bridgehead atoms. The summed E-state index contributed by atoms with van der Waals surface area (Å²) in [6, 6.07) is 17.3. The average Bonchev–Trinajstić information content (AvgIpc) is 3.13. The van der Waals surface area contributed by atoms with E-state index in [0.29, 0.717) is 30.6 Å². The minimum absolute atomic E-state index is 0.105. The Labute approximate surface area is 188 Å². The normalized spacial score (nSPS) is 25.3. The zero-order valence-electron chi connectivity index (χ0n) is 18.0. The maximum Gasteiger partial charge on any atom is 0.338 e. The second kappa shape index (κ2) is 10.6. The Morgan fingerprint density at radius 1 is 1.06 bits per heavy atom. The van der Waals surface area contributed by atoms with E-state index < -0.39 is 12.1 Å². The van der Waals surface area contributed by atoms with Crippen molar-refractivity contribution in [1.29, 1.82) is 0 Å². The number of rotatable bonds is 8. The number of carbonyl (C=O) groups excluding carboxylic acids is 2. The molecule has 6 nitrogen and oxygen atoms in total. The monoisotopic (exact) mass is 436 g/mol. The molecule has 2 aromatic carbocycles. The molecule has 0 aromatic heterocycles. The summed E-state index contributed by atoms with van der Waals surface area (Å²) in [5.41, 5.74) is 3.29. The Kier molecular flexibility index (Phi) is 7.35. The number of esters is 1. The molecule has 1 unspecified atom stereocenters. The molecular weight excluding hydrogens is 408 g/mol. The first-order valence-electron chi connectivity index (χ1n) is 11.0. The van der Waals surface area contributed by atoms with Crippen molar-refractivity contribution in [3.05, 3.63) is 72.3 Å². The molecule has 0 amide bonds. The SMILES string of the molecule is C=C1[C@H](OC=O)C[C@H](OC2CCCCO2)[C@H]1COC(=O)c1ccc(-c2ccccc2)cc1.